The van der Waals surface area contributed by atoms with Crippen LogP contribution in [0.4, 0.5) is 0 Å². The summed E-state index contributed by atoms with van der Waals surface area (Å²) in [6, 6.07) is 8.65. The second kappa shape index (κ2) is 5.49. The summed E-state index contributed by atoms with van der Waals surface area (Å²) >= 11 is 0. The van der Waals surface area contributed by atoms with Crippen molar-refractivity contribution in [1.82, 2.24) is 5.32 Å². The molecule has 0 spiro atoms. The number of benzene rings is 1. The molecule has 2 atom stereocenters. The molecular weight excluding hydrogens is 294 g/mol. The molecule has 0 aliphatic heterocycles. The van der Waals surface area contributed by atoms with E-state index in [9.17, 15) is 0 Å². The SMILES string of the molecule is CC(C)Oc1ccc(CNC23CC4CC(C)(CC(C)(C4)C2)C3)cc1. The van der Waals surface area contributed by atoms with Crippen LogP contribution in [0.2, 0.25) is 0 Å². The first kappa shape index (κ1) is 16.4. The lowest BCUT2D eigenvalue weighted by molar-refractivity contribution is -0.118. The van der Waals surface area contributed by atoms with Crippen LogP contribution in [0.15, 0.2) is 24.3 Å². The molecule has 1 N–H and O–H groups in total. The van der Waals surface area contributed by atoms with Crippen molar-refractivity contribution in [2.24, 2.45) is 16.7 Å². The Morgan fingerprint density at radius 3 is 2.17 bits per heavy atom. The van der Waals surface area contributed by atoms with Gasteiger partial charge < -0.3 is 10.1 Å². The maximum atomic E-state index is 5.75. The summed E-state index contributed by atoms with van der Waals surface area (Å²) in [5, 5.41) is 4.01. The number of nitrogens with one attached hydrogen (secondary N) is 1. The second-order valence-electron chi connectivity index (χ2n) is 10.1. The third kappa shape index (κ3) is 3.10. The summed E-state index contributed by atoms with van der Waals surface area (Å²) in [5.41, 5.74) is 2.92. The molecule has 4 bridgehead atoms. The molecule has 4 saturated carbocycles. The van der Waals surface area contributed by atoms with Crippen LogP contribution in [0.25, 0.3) is 0 Å². The lowest BCUT2D eigenvalue weighted by Gasteiger charge is -2.65. The molecule has 132 valence electrons. The molecule has 0 saturated heterocycles. The predicted octanol–water partition coefficient (Wildman–Crippen LogP) is 5.31. The summed E-state index contributed by atoms with van der Waals surface area (Å²) in [6.45, 7) is 10.2. The van der Waals surface area contributed by atoms with Gasteiger partial charge in [-0.2, -0.15) is 0 Å². The molecule has 2 nitrogen and oxygen atoms in total. The van der Waals surface area contributed by atoms with Crippen LogP contribution < -0.4 is 10.1 Å². The minimum atomic E-state index is 0.238. The number of ether oxygens (including phenoxy) is 1. The van der Waals surface area contributed by atoms with Crippen molar-refractivity contribution in [3.05, 3.63) is 29.8 Å². The minimum absolute atomic E-state index is 0.238. The smallest absolute Gasteiger partial charge is 0.119 e. The standard InChI is InChI=1S/C22H33NO/c1-16(2)24-19-7-5-17(6-8-19)12-23-22-11-18-9-20(3,14-22)13-21(4,10-18)15-22/h5-8,16,18,23H,9-15H2,1-4H3. The van der Waals surface area contributed by atoms with Crippen LogP contribution in [0.5, 0.6) is 5.75 Å². The van der Waals surface area contributed by atoms with Gasteiger partial charge in [0, 0.05) is 12.1 Å². The first-order valence-electron chi connectivity index (χ1n) is 9.78. The summed E-state index contributed by atoms with van der Waals surface area (Å²) in [6.07, 6.45) is 8.76. The van der Waals surface area contributed by atoms with E-state index in [1.807, 2.05) is 0 Å². The Bertz CT molecular complexity index is 587. The Kier molecular flexibility index (Phi) is 3.76. The van der Waals surface area contributed by atoms with Crippen LogP contribution in [0.3, 0.4) is 0 Å². The second-order valence-corrected chi connectivity index (χ2v) is 10.1. The van der Waals surface area contributed by atoms with Crippen LogP contribution in [-0.2, 0) is 6.54 Å². The highest BCUT2D eigenvalue weighted by atomic mass is 16.5. The van der Waals surface area contributed by atoms with Crippen molar-refractivity contribution in [2.75, 3.05) is 0 Å². The molecule has 4 fully saturated rings. The van der Waals surface area contributed by atoms with E-state index in [4.69, 9.17) is 4.74 Å². The van der Waals surface area contributed by atoms with Crippen molar-refractivity contribution in [2.45, 2.75) is 84.4 Å². The van der Waals surface area contributed by atoms with Crippen molar-refractivity contribution < 1.29 is 4.74 Å². The number of hydrogen-bond acceptors (Lipinski definition) is 2. The van der Waals surface area contributed by atoms with E-state index >= 15 is 0 Å². The zero-order chi connectivity index (χ0) is 17.0. The molecule has 0 heterocycles. The summed E-state index contributed by atoms with van der Waals surface area (Å²) < 4.78 is 5.75. The fraction of sp³-hybridized carbons (Fsp3) is 0.727. The van der Waals surface area contributed by atoms with E-state index in [2.05, 4.69) is 57.3 Å². The predicted molar refractivity (Wildman–Crippen MR) is 99.2 cm³/mol. The van der Waals surface area contributed by atoms with E-state index in [0.717, 1.165) is 18.2 Å². The molecule has 1 aromatic rings. The molecule has 1 aromatic carbocycles. The van der Waals surface area contributed by atoms with Gasteiger partial charge in [0.15, 0.2) is 0 Å². The minimum Gasteiger partial charge on any atom is -0.491 e. The van der Waals surface area contributed by atoms with Gasteiger partial charge in [-0.1, -0.05) is 26.0 Å². The maximum absolute atomic E-state index is 5.75. The van der Waals surface area contributed by atoms with E-state index in [1.165, 1.54) is 44.1 Å². The molecule has 2 unspecified atom stereocenters. The molecule has 0 aromatic heterocycles. The van der Waals surface area contributed by atoms with E-state index in [1.54, 1.807) is 0 Å². The normalized spacial score (nSPS) is 40.3. The van der Waals surface area contributed by atoms with Gasteiger partial charge in [0.25, 0.3) is 0 Å². The first-order valence-corrected chi connectivity index (χ1v) is 9.78. The topological polar surface area (TPSA) is 21.3 Å². The Balaban J connectivity index is 1.44. The van der Waals surface area contributed by atoms with Crippen LogP contribution >= 0.6 is 0 Å². The van der Waals surface area contributed by atoms with Crippen LogP contribution in [0.1, 0.15) is 71.8 Å². The average Bonchev–Trinajstić information content (AvgIpc) is 2.42. The van der Waals surface area contributed by atoms with Gasteiger partial charge in [-0.25, -0.2) is 0 Å². The molecule has 2 heteroatoms. The van der Waals surface area contributed by atoms with E-state index in [-0.39, 0.29) is 6.10 Å². The molecule has 5 rings (SSSR count). The van der Waals surface area contributed by atoms with Gasteiger partial charge in [-0.15, -0.1) is 0 Å². The van der Waals surface area contributed by atoms with Crippen molar-refractivity contribution >= 4 is 0 Å². The van der Waals surface area contributed by atoms with Crippen molar-refractivity contribution in [3.8, 4) is 5.75 Å². The lowest BCUT2D eigenvalue weighted by Crippen LogP contribution is -2.63. The molecule has 24 heavy (non-hydrogen) atoms. The Morgan fingerprint density at radius 2 is 1.62 bits per heavy atom. The van der Waals surface area contributed by atoms with E-state index in [0.29, 0.717) is 16.4 Å². The van der Waals surface area contributed by atoms with Crippen LogP contribution in [-0.4, -0.2) is 11.6 Å². The Morgan fingerprint density at radius 1 is 1.00 bits per heavy atom. The average molecular weight is 328 g/mol. The number of rotatable bonds is 5. The third-order valence-corrected chi connectivity index (χ3v) is 6.59. The highest BCUT2D eigenvalue weighted by Gasteiger charge is 2.59. The third-order valence-electron chi connectivity index (χ3n) is 6.59. The highest BCUT2D eigenvalue weighted by molar-refractivity contribution is 5.27. The van der Waals surface area contributed by atoms with Gasteiger partial charge >= 0.3 is 0 Å². The maximum Gasteiger partial charge on any atom is 0.119 e. The van der Waals surface area contributed by atoms with Gasteiger partial charge in [0.1, 0.15) is 5.75 Å². The summed E-state index contributed by atoms with van der Waals surface area (Å²) in [4.78, 5) is 0. The van der Waals surface area contributed by atoms with Gasteiger partial charge in [0.2, 0.25) is 0 Å². The van der Waals surface area contributed by atoms with Gasteiger partial charge in [-0.05, 0) is 86.8 Å². The Hall–Kier alpha value is -1.02. The largest absolute Gasteiger partial charge is 0.491 e. The summed E-state index contributed by atoms with van der Waals surface area (Å²) in [5.74, 6) is 1.93. The van der Waals surface area contributed by atoms with E-state index < -0.39 is 0 Å². The fourth-order valence-corrected chi connectivity index (χ4v) is 6.89. The quantitative estimate of drug-likeness (QED) is 0.791. The van der Waals surface area contributed by atoms with Crippen LogP contribution in [0, 0.1) is 16.7 Å². The fourth-order valence-electron chi connectivity index (χ4n) is 6.89. The molecule has 4 aliphatic rings. The lowest BCUT2D eigenvalue weighted by atomic mass is 9.43. The first-order chi connectivity index (χ1) is 11.3. The zero-order valence-corrected chi connectivity index (χ0v) is 15.8. The Labute approximate surface area is 147 Å². The van der Waals surface area contributed by atoms with Gasteiger partial charge in [0.05, 0.1) is 6.10 Å². The molecule has 0 radical (unpaired) electrons. The van der Waals surface area contributed by atoms with Crippen molar-refractivity contribution in [3.63, 3.8) is 0 Å². The van der Waals surface area contributed by atoms with Crippen molar-refractivity contribution in [1.29, 1.82) is 0 Å². The number of hydrogen-bond donors (Lipinski definition) is 1. The summed E-state index contributed by atoms with van der Waals surface area (Å²) in [7, 11) is 0. The zero-order valence-electron chi connectivity index (χ0n) is 15.8. The monoisotopic (exact) mass is 327 g/mol. The van der Waals surface area contributed by atoms with Gasteiger partial charge in [-0.3, -0.25) is 0 Å². The molecular formula is C22H33NO. The molecule has 0 amide bonds. The molecule has 4 aliphatic carbocycles. The highest BCUT2D eigenvalue weighted by Crippen LogP contribution is 2.66.